The molecule has 0 spiro atoms. The normalized spacial score (nSPS) is 19.3. The summed E-state index contributed by atoms with van der Waals surface area (Å²) in [7, 11) is 0. The molecule has 2 heterocycles. The predicted octanol–water partition coefficient (Wildman–Crippen LogP) is 3.96. The molecule has 4 rings (SSSR count). The molecule has 1 amide bonds. The van der Waals surface area contributed by atoms with Crippen LogP contribution in [0.3, 0.4) is 0 Å². The molecule has 1 aromatic carbocycles. The van der Waals surface area contributed by atoms with Gasteiger partial charge in [-0.15, -0.1) is 0 Å². The van der Waals surface area contributed by atoms with Crippen molar-refractivity contribution < 1.29 is 9.53 Å². The summed E-state index contributed by atoms with van der Waals surface area (Å²) >= 11 is 12.7. The molecular formula is C19H19Cl2N3O2. The van der Waals surface area contributed by atoms with Crippen LogP contribution in [-0.2, 0) is 11.2 Å². The molecule has 136 valence electrons. The maximum absolute atomic E-state index is 12.5. The first kappa shape index (κ1) is 17.6. The van der Waals surface area contributed by atoms with Gasteiger partial charge in [0.25, 0.3) is 5.91 Å². The zero-order valence-electron chi connectivity index (χ0n) is 14.2. The van der Waals surface area contributed by atoms with Crippen LogP contribution in [0.25, 0.3) is 0 Å². The van der Waals surface area contributed by atoms with E-state index in [1.54, 1.807) is 17.2 Å². The van der Waals surface area contributed by atoms with Crippen LogP contribution in [-0.4, -0.2) is 42.1 Å². The third-order valence-electron chi connectivity index (χ3n) is 4.91. The topological polar surface area (TPSA) is 54.5 Å². The molecule has 1 aliphatic heterocycles. The minimum Gasteiger partial charge on any atom is -0.378 e. The average molecular weight is 392 g/mol. The summed E-state index contributed by atoms with van der Waals surface area (Å²) in [6, 6.07) is 7.76. The minimum absolute atomic E-state index is 0.0627. The SMILES string of the molecule is O=C(c1cnc(NC2CCc3c(Cl)cccc32)c(Cl)c1)N1CCOCC1. The summed E-state index contributed by atoms with van der Waals surface area (Å²) in [5.41, 5.74) is 2.86. The number of benzene rings is 1. The van der Waals surface area contributed by atoms with Gasteiger partial charge in [-0.25, -0.2) is 4.98 Å². The van der Waals surface area contributed by atoms with E-state index in [-0.39, 0.29) is 11.9 Å². The van der Waals surface area contributed by atoms with Gasteiger partial charge in [0.1, 0.15) is 5.82 Å². The summed E-state index contributed by atoms with van der Waals surface area (Å²) in [6.07, 6.45) is 3.45. The second-order valence-electron chi connectivity index (χ2n) is 6.50. The molecule has 26 heavy (non-hydrogen) atoms. The number of halogens is 2. The number of pyridine rings is 1. The van der Waals surface area contributed by atoms with Gasteiger partial charge in [0, 0.05) is 24.3 Å². The lowest BCUT2D eigenvalue weighted by Crippen LogP contribution is -2.40. The van der Waals surface area contributed by atoms with Crippen molar-refractivity contribution in [3.05, 3.63) is 57.2 Å². The van der Waals surface area contributed by atoms with Gasteiger partial charge in [-0.2, -0.15) is 0 Å². The van der Waals surface area contributed by atoms with Crippen molar-refractivity contribution in [2.75, 3.05) is 31.6 Å². The van der Waals surface area contributed by atoms with E-state index < -0.39 is 0 Å². The lowest BCUT2D eigenvalue weighted by Gasteiger charge is -2.27. The predicted molar refractivity (Wildman–Crippen MR) is 102 cm³/mol. The number of anilines is 1. The molecule has 1 saturated heterocycles. The van der Waals surface area contributed by atoms with Gasteiger partial charge in [0.05, 0.1) is 29.8 Å². The first-order valence-corrected chi connectivity index (χ1v) is 9.45. The number of carbonyl (C=O) groups excluding carboxylic acids is 1. The summed E-state index contributed by atoms with van der Waals surface area (Å²) in [6.45, 7) is 2.32. The molecule has 5 nitrogen and oxygen atoms in total. The third kappa shape index (κ3) is 3.39. The molecule has 1 aromatic heterocycles. The van der Waals surface area contributed by atoms with E-state index in [1.807, 2.05) is 12.1 Å². The van der Waals surface area contributed by atoms with Crippen LogP contribution in [0.15, 0.2) is 30.5 Å². The number of ether oxygens (including phenoxy) is 1. The summed E-state index contributed by atoms with van der Waals surface area (Å²) < 4.78 is 5.29. The maximum Gasteiger partial charge on any atom is 0.255 e. The number of aromatic nitrogens is 1. The van der Waals surface area contributed by atoms with Crippen LogP contribution < -0.4 is 5.32 Å². The highest BCUT2D eigenvalue weighted by atomic mass is 35.5. The van der Waals surface area contributed by atoms with Crippen molar-refractivity contribution >= 4 is 34.9 Å². The Balaban J connectivity index is 1.51. The van der Waals surface area contributed by atoms with Crippen LogP contribution in [0.4, 0.5) is 5.82 Å². The molecule has 0 saturated carbocycles. The number of fused-ring (bicyclic) bond motifs is 1. The number of rotatable bonds is 3. The van der Waals surface area contributed by atoms with E-state index in [0.717, 1.165) is 17.9 Å². The van der Waals surface area contributed by atoms with E-state index in [4.69, 9.17) is 27.9 Å². The summed E-state index contributed by atoms with van der Waals surface area (Å²) in [5, 5.41) is 4.64. The smallest absolute Gasteiger partial charge is 0.255 e. The minimum atomic E-state index is -0.0627. The molecule has 1 unspecified atom stereocenters. The van der Waals surface area contributed by atoms with Crippen LogP contribution in [0, 0.1) is 0 Å². The Morgan fingerprint density at radius 3 is 2.81 bits per heavy atom. The van der Waals surface area contributed by atoms with E-state index in [9.17, 15) is 4.79 Å². The Kier molecular flexibility index (Phi) is 5.02. The van der Waals surface area contributed by atoms with E-state index >= 15 is 0 Å². The largest absolute Gasteiger partial charge is 0.378 e. The Hall–Kier alpha value is -1.82. The van der Waals surface area contributed by atoms with Crippen molar-refractivity contribution in [2.24, 2.45) is 0 Å². The molecule has 0 bridgehead atoms. The number of hydrogen-bond acceptors (Lipinski definition) is 4. The fraction of sp³-hybridized carbons (Fsp3) is 0.368. The Morgan fingerprint density at radius 1 is 1.23 bits per heavy atom. The number of carbonyl (C=O) groups is 1. The molecule has 2 aromatic rings. The molecule has 1 N–H and O–H groups in total. The van der Waals surface area contributed by atoms with E-state index in [0.29, 0.717) is 42.7 Å². The standard InChI is InChI=1S/C19H19Cl2N3O2/c20-15-3-1-2-14-13(15)4-5-17(14)23-18-16(21)10-12(11-22-18)19(25)24-6-8-26-9-7-24/h1-3,10-11,17H,4-9H2,(H,22,23). The molecule has 1 atom stereocenters. The van der Waals surface area contributed by atoms with Crippen molar-refractivity contribution in [1.29, 1.82) is 0 Å². The molecule has 2 aliphatic rings. The number of nitrogens with one attached hydrogen (secondary N) is 1. The molecule has 0 radical (unpaired) electrons. The number of nitrogens with zero attached hydrogens (tertiary/aromatic N) is 2. The second kappa shape index (κ2) is 7.43. The number of hydrogen-bond donors (Lipinski definition) is 1. The maximum atomic E-state index is 12.5. The van der Waals surface area contributed by atoms with Crippen molar-refractivity contribution in [1.82, 2.24) is 9.88 Å². The molecule has 7 heteroatoms. The lowest BCUT2D eigenvalue weighted by atomic mass is 10.1. The third-order valence-corrected chi connectivity index (χ3v) is 5.55. The average Bonchev–Trinajstić information content (AvgIpc) is 3.08. The van der Waals surface area contributed by atoms with Gasteiger partial charge in [0.15, 0.2) is 0 Å². The molecule has 1 aliphatic carbocycles. The van der Waals surface area contributed by atoms with Crippen molar-refractivity contribution in [3.8, 4) is 0 Å². The van der Waals surface area contributed by atoms with Crippen molar-refractivity contribution in [2.45, 2.75) is 18.9 Å². The van der Waals surface area contributed by atoms with Gasteiger partial charge >= 0.3 is 0 Å². The highest BCUT2D eigenvalue weighted by molar-refractivity contribution is 6.33. The summed E-state index contributed by atoms with van der Waals surface area (Å²) in [4.78, 5) is 18.7. The molecular weight excluding hydrogens is 373 g/mol. The van der Waals surface area contributed by atoms with Gasteiger partial charge < -0.3 is 15.0 Å². The Bertz CT molecular complexity index is 838. The summed E-state index contributed by atoms with van der Waals surface area (Å²) in [5.74, 6) is 0.523. The monoisotopic (exact) mass is 391 g/mol. The number of amides is 1. The fourth-order valence-electron chi connectivity index (χ4n) is 3.53. The van der Waals surface area contributed by atoms with Gasteiger partial charge in [0.2, 0.25) is 0 Å². The first-order chi connectivity index (χ1) is 12.6. The van der Waals surface area contributed by atoms with E-state index in [1.165, 1.54) is 11.1 Å². The fourth-order valence-corrected chi connectivity index (χ4v) is 4.03. The van der Waals surface area contributed by atoms with Gasteiger partial charge in [-0.3, -0.25) is 4.79 Å². The van der Waals surface area contributed by atoms with Gasteiger partial charge in [-0.05, 0) is 36.1 Å². The van der Waals surface area contributed by atoms with Crippen LogP contribution >= 0.6 is 23.2 Å². The van der Waals surface area contributed by atoms with Gasteiger partial charge in [-0.1, -0.05) is 35.3 Å². The zero-order chi connectivity index (χ0) is 18.1. The van der Waals surface area contributed by atoms with Crippen LogP contribution in [0.1, 0.15) is 33.9 Å². The van der Waals surface area contributed by atoms with Crippen molar-refractivity contribution in [3.63, 3.8) is 0 Å². The quantitative estimate of drug-likeness (QED) is 0.859. The Labute approximate surface area is 162 Å². The number of morpholine rings is 1. The molecule has 1 fully saturated rings. The second-order valence-corrected chi connectivity index (χ2v) is 7.32. The Morgan fingerprint density at radius 2 is 2.04 bits per heavy atom. The van der Waals surface area contributed by atoms with Crippen LogP contribution in [0.5, 0.6) is 0 Å². The van der Waals surface area contributed by atoms with Crippen LogP contribution in [0.2, 0.25) is 10.0 Å². The highest BCUT2D eigenvalue weighted by Crippen LogP contribution is 2.38. The first-order valence-electron chi connectivity index (χ1n) is 8.70. The van der Waals surface area contributed by atoms with E-state index in [2.05, 4.69) is 16.4 Å². The zero-order valence-corrected chi connectivity index (χ0v) is 15.7. The lowest BCUT2D eigenvalue weighted by molar-refractivity contribution is 0.0302. The highest BCUT2D eigenvalue weighted by Gasteiger charge is 2.25.